The molecule has 0 saturated heterocycles. The Kier molecular flexibility index (Phi) is 7.82. The van der Waals surface area contributed by atoms with E-state index in [4.69, 9.17) is 4.74 Å². The fourth-order valence-corrected chi connectivity index (χ4v) is 2.59. The van der Waals surface area contributed by atoms with Gasteiger partial charge in [-0.2, -0.15) is 0 Å². The molecule has 0 atom stereocenters. The van der Waals surface area contributed by atoms with E-state index in [1.54, 1.807) is 14.2 Å². The van der Waals surface area contributed by atoms with Gasteiger partial charge in [-0.3, -0.25) is 4.99 Å². The zero-order chi connectivity index (χ0) is 17.9. The highest BCUT2D eigenvalue weighted by molar-refractivity contribution is 5.79. The van der Waals surface area contributed by atoms with Crippen molar-refractivity contribution in [1.29, 1.82) is 0 Å². The zero-order valence-corrected chi connectivity index (χ0v) is 15.5. The number of aromatic nitrogens is 2. The number of hydrogen-bond acceptors (Lipinski definition) is 3. The van der Waals surface area contributed by atoms with E-state index in [0.29, 0.717) is 0 Å². The molecule has 0 amide bonds. The molecule has 0 aliphatic rings. The van der Waals surface area contributed by atoms with Crippen molar-refractivity contribution in [3.05, 3.63) is 48.0 Å². The maximum absolute atomic E-state index is 5.17. The second-order valence-corrected chi connectivity index (χ2v) is 5.90. The van der Waals surface area contributed by atoms with E-state index in [-0.39, 0.29) is 0 Å². The third-order valence-corrected chi connectivity index (χ3v) is 4.13. The maximum atomic E-state index is 5.17. The first-order valence-corrected chi connectivity index (χ1v) is 8.78. The number of benzene rings is 1. The lowest BCUT2D eigenvalue weighted by Crippen LogP contribution is -2.38. The molecule has 1 heterocycles. The minimum Gasteiger partial charge on any atom is -0.497 e. The average Bonchev–Trinajstić information content (AvgIpc) is 3.05. The molecule has 0 saturated carbocycles. The molecule has 2 rings (SSSR count). The van der Waals surface area contributed by atoms with E-state index in [0.717, 1.165) is 56.4 Å². The number of ether oxygens (including phenoxy) is 1. The van der Waals surface area contributed by atoms with Crippen LogP contribution in [0.3, 0.4) is 0 Å². The Balaban J connectivity index is 1.59. The molecular formula is C19H29N5O. The molecule has 0 aliphatic carbocycles. The Morgan fingerprint density at radius 2 is 1.92 bits per heavy atom. The van der Waals surface area contributed by atoms with Gasteiger partial charge in [0, 0.05) is 39.1 Å². The highest BCUT2D eigenvalue weighted by Crippen LogP contribution is 2.11. The molecular weight excluding hydrogens is 314 g/mol. The summed E-state index contributed by atoms with van der Waals surface area (Å²) in [6, 6.07) is 8.17. The van der Waals surface area contributed by atoms with Crippen molar-refractivity contribution in [3.8, 4) is 5.75 Å². The summed E-state index contributed by atoms with van der Waals surface area (Å²) in [7, 11) is 3.49. The van der Waals surface area contributed by atoms with Gasteiger partial charge in [0.25, 0.3) is 0 Å². The van der Waals surface area contributed by atoms with Crippen molar-refractivity contribution >= 4 is 5.96 Å². The van der Waals surface area contributed by atoms with Crippen LogP contribution in [0.1, 0.15) is 24.2 Å². The summed E-state index contributed by atoms with van der Waals surface area (Å²) in [5, 5.41) is 6.72. The van der Waals surface area contributed by atoms with Gasteiger partial charge >= 0.3 is 0 Å². The first-order chi connectivity index (χ1) is 12.2. The SMILES string of the molecule is CN=C(NCCCCn1ccnc1C)NCCc1ccc(OC)cc1. The van der Waals surface area contributed by atoms with Crippen LogP contribution in [0, 0.1) is 6.92 Å². The van der Waals surface area contributed by atoms with E-state index >= 15 is 0 Å². The van der Waals surface area contributed by atoms with E-state index in [2.05, 4.69) is 37.3 Å². The Morgan fingerprint density at radius 1 is 1.16 bits per heavy atom. The first kappa shape index (κ1) is 18.8. The molecule has 6 nitrogen and oxygen atoms in total. The number of rotatable bonds is 9. The van der Waals surface area contributed by atoms with Crippen molar-refractivity contribution in [1.82, 2.24) is 20.2 Å². The summed E-state index contributed by atoms with van der Waals surface area (Å²) in [4.78, 5) is 8.50. The number of aliphatic imine (C=N–C) groups is 1. The number of aryl methyl sites for hydroxylation is 2. The van der Waals surface area contributed by atoms with Crippen molar-refractivity contribution in [3.63, 3.8) is 0 Å². The number of methoxy groups -OCH3 is 1. The average molecular weight is 343 g/mol. The van der Waals surface area contributed by atoms with Gasteiger partial charge in [0.2, 0.25) is 0 Å². The third-order valence-electron chi connectivity index (χ3n) is 4.13. The summed E-state index contributed by atoms with van der Waals surface area (Å²) >= 11 is 0. The van der Waals surface area contributed by atoms with Gasteiger partial charge in [-0.05, 0) is 43.9 Å². The van der Waals surface area contributed by atoms with Gasteiger partial charge in [-0.15, -0.1) is 0 Å². The summed E-state index contributed by atoms with van der Waals surface area (Å²) in [5.74, 6) is 2.82. The molecule has 0 unspecified atom stereocenters. The second-order valence-electron chi connectivity index (χ2n) is 5.90. The van der Waals surface area contributed by atoms with Gasteiger partial charge in [0.15, 0.2) is 5.96 Å². The number of hydrogen-bond donors (Lipinski definition) is 2. The second kappa shape index (κ2) is 10.4. The summed E-state index contributed by atoms with van der Waals surface area (Å²) < 4.78 is 7.36. The van der Waals surface area contributed by atoms with Crippen LogP contribution >= 0.6 is 0 Å². The van der Waals surface area contributed by atoms with Gasteiger partial charge in [-0.25, -0.2) is 4.98 Å². The van der Waals surface area contributed by atoms with Gasteiger partial charge in [0.1, 0.15) is 11.6 Å². The van der Waals surface area contributed by atoms with Crippen LogP contribution in [0.4, 0.5) is 0 Å². The number of nitrogens with zero attached hydrogens (tertiary/aromatic N) is 3. The monoisotopic (exact) mass is 343 g/mol. The van der Waals surface area contributed by atoms with Crippen LogP contribution in [0.25, 0.3) is 0 Å². The fraction of sp³-hybridized carbons (Fsp3) is 0.474. The van der Waals surface area contributed by atoms with Crippen LogP contribution < -0.4 is 15.4 Å². The van der Waals surface area contributed by atoms with Crippen LogP contribution in [-0.4, -0.2) is 42.8 Å². The van der Waals surface area contributed by atoms with Crippen LogP contribution in [0.5, 0.6) is 5.75 Å². The molecule has 0 aliphatic heterocycles. The Hall–Kier alpha value is -2.50. The number of nitrogens with one attached hydrogen (secondary N) is 2. The van der Waals surface area contributed by atoms with E-state index in [9.17, 15) is 0 Å². The lowest BCUT2D eigenvalue weighted by atomic mass is 10.1. The number of unbranched alkanes of at least 4 members (excludes halogenated alkanes) is 1. The largest absolute Gasteiger partial charge is 0.497 e. The number of imidazole rings is 1. The molecule has 0 radical (unpaired) electrons. The molecule has 2 N–H and O–H groups in total. The molecule has 6 heteroatoms. The summed E-state index contributed by atoms with van der Waals surface area (Å²) in [6.07, 6.45) is 7.04. The van der Waals surface area contributed by atoms with Crippen molar-refractivity contribution < 1.29 is 4.74 Å². The number of guanidine groups is 1. The van der Waals surface area contributed by atoms with E-state index in [1.807, 2.05) is 31.5 Å². The third kappa shape index (κ3) is 6.49. The lowest BCUT2D eigenvalue weighted by Gasteiger charge is -2.12. The van der Waals surface area contributed by atoms with Gasteiger partial charge < -0.3 is 19.9 Å². The fourth-order valence-electron chi connectivity index (χ4n) is 2.59. The molecule has 25 heavy (non-hydrogen) atoms. The van der Waals surface area contributed by atoms with Gasteiger partial charge in [-0.1, -0.05) is 12.1 Å². The van der Waals surface area contributed by atoms with Crippen LogP contribution in [-0.2, 0) is 13.0 Å². The zero-order valence-electron chi connectivity index (χ0n) is 15.5. The predicted molar refractivity (Wildman–Crippen MR) is 102 cm³/mol. The van der Waals surface area contributed by atoms with Crippen molar-refractivity contribution in [2.24, 2.45) is 4.99 Å². The maximum Gasteiger partial charge on any atom is 0.190 e. The van der Waals surface area contributed by atoms with E-state index < -0.39 is 0 Å². The normalized spacial score (nSPS) is 11.4. The van der Waals surface area contributed by atoms with Crippen LogP contribution in [0.15, 0.2) is 41.7 Å². The van der Waals surface area contributed by atoms with Crippen molar-refractivity contribution in [2.75, 3.05) is 27.2 Å². The first-order valence-electron chi connectivity index (χ1n) is 8.78. The predicted octanol–water partition coefficient (Wildman–Crippen LogP) is 2.39. The molecule has 0 fully saturated rings. The highest BCUT2D eigenvalue weighted by Gasteiger charge is 2.00. The van der Waals surface area contributed by atoms with Gasteiger partial charge in [0.05, 0.1) is 7.11 Å². The minimum absolute atomic E-state index is 0.847. The lowest BCUT2D eigenvalue weighted by molar-refractivity contribution is 0.414. The molecule has 0 spiro atoms. The summed E-state index contributed by atoms with van der Waals surface area (Å²) in [5.41, 5.74) is 1.28. The smallest absolute Gasteiger partial charge is 0.190 e. The highest BCUT2D eigenvalue weighted by atomic mass is 16.5. The van der Waals surface area contributed by atoms with E-state index in [1.165, 1.54) is 5.56 Å². The molecule has 2 aromatic rings. The molecule has 1 aromatic heterocycles. The molecule has 136 valence electrons. The Labute approximate surface area is 150 Å². The standard InChI is InChI=1S/C19H29N5O/c1-16-21-13-15-24(16)14-5-4-11-22-19(20-2)23-12-10-17-6-8-18(25-3)9-7-17/h6-9,13,15H,4-5,10-12,14H2,1-3H3,(H2,20,22,23). The summed E-state index contributed by atoms with van der Waals surface area (Å²) in [6.45, 7) is 4.81. The molecule has 1 aromatic carbocycles. The minimum atomic E-state index is 0.847. The Bertz CT molecular complexity index is 648. The Morgan fingerprint density at radius 3 is 2.56 bits per heavy atom. The van der Waals surface area contributed by atoms with Crippen LogP contribution in [0.2, 0.25) is 0 Å². The topological polar surface area (TPSA) is 63.5 Å². The quantitative estimate of drug-likeness (QED) is 0.417. The molecule has 0 bridgehead atoms. The van der Waals surface area contributed by atoms with Crippen molar-refractivity contribution in [2.45, 2.75) is 32.7 Å².